The molecule has 1 aliphatic carbocycles. The third-order valence-electron chi connectivity index (χ3n) is 6.43. The number of fused-ring (bicyclic) bond motifs is 1. The molecule has 1 amide bonds. The van der Waals surface area contributed by atoms with Gasteiger partial charge in [0.1, 0.15) is 0 Å². The smallest absolute Gasteiger partial charge is 0.235 e. The largest absolute Gasteiger partial charge is 0.461 e. The number of ether oxygens (including phenoxy) is 2. The molecule has 8 heteroatoms. The number of hydrogen-bond acceptors (Lipinski definition) is 7. The highest BCUT2D eigenvalue weighted by Crippen LogP contribution is 2.50. The topological polar surface area (TPSA) is 81.2 Å². The van der Waals surface area contributed by atoms with Crippen molar-refractivity contribution in [3.05, 3.63) is 53.9 Å². The van der Waals surface area contributed by atoms with Crippen LogP contribution in [0.25, 0.3) is 11.5 Å². The van der Waals surface area contributed by atoms with Gasteiger partial charge in [0.2, 0.25) is 18.5 Å². The summed E-state index contributed by atoms with van der Waals surface area (Å²) in [5.41, 5.74) is 1.37. The fourth-order valence-electron chi connectivity index (χ4n) is 4.45. The first-order chi connectivity index (χ1) is 15.2. The van der Waals surface area contributed by atoms with Crippen LogP contribution >= 0.6 is 0 Å². The van der Waals surface area contributed by atoms with Gasteiger partial charge in [-0.1, -0.05) is 11.2 Å². The van der Waals surface area contributed by atoms with Crippen molar-refractivity contribution in [1.82, 2.24) is 15.0 Å². The Morgan fingerprint density at radius 3 is 2.61 bits per heavy atom. The van der Waals surface area contributed by atoms with Crippen LogP contribution in [-0.2, 0) is 16.8 Å². The molecule has 0 radical (unpaired) electrons. The zero-order valence-corrected chi connectivity index (χ0v) is 17.1. The summed E-state index contributed by atoms with van der Waals surface area (Å²) in [6.45, 7) is 4.23. The van der Waals surface area contributed by atoms with E-state index in [1.807, 2.05) is 29.2 Å². The summed E-state index contributed by atoms with van der Waals surface area (Å²) >= 11 is 0. The molecule has 0 atom stereocenters. The fraction of sp³-hybridized carbons (Fsp3) is 0.391. The van der Waals surface area contributed by atoms with Crippen LogP contribution < -0.4 is 9.47 Å². The Balaban J connectivity index is 1.09. The van der Waals surface area contributed by atoms with Gasteiger partial charge in [-0.25, -0.2) is 0 Å². The fourth-order valence-corrected chi connectivity index (χ4v) is 4.45. The number of piperazine rings is 1. The van der Waals surface area contributed by atoms with E-state index in [1.54, 1.807) is 12.3 Å². The lowest BCUT2D eigenvalue weighted by molar-refractivity contribution is -0.136. The van der Waals surface area contributed by atoms with Crippen LogP contribution in [0.1, 0.15) is 24.1 Å². The molecule has 0 N–H and O–H groups in total. The predicted octanol–water partition coefficient (Wildman–Crippen LogP) is 3.04. The van der Waals surface area contributed by atoms with Crippen molar-refractivity contribution in [3.63, 3.8) is 0 Å². The molecule has 2 aromatic heterocycles. The Labute approximate surface area is 179 Å². The van der Waals surface area contributed by atoms with Crippen LogP contribution in [0, 0.1) is 0 Å². The molecule has 1 saturated carbocycles. The second kappa shape index (κ2) is 7.16. The molecule has 1 aromatic carbocycles. The number of benzene rings is 1. The van der Waals surface area contributed by atoms with E-state index in [9.17, 15) is 4.79 Å². The summed E-state index contributed by atoms with van der Waals surface area (Å²) in [7, 11) is 0. The van der Waals surface area contributed by atoms with Crippen LogP contribution in [0.2, 0.25) is 0 Å². The highest BCUT2D eigenvalue weighted by molar-refractivity contribution is 5.91. The highest BCUT2D eigenvalue weighted by atomic mass is 16.7. The van der Waals surface area contributed by atoms with Gasteiger partial charge in [0.25, 0.3) is 0 Å². The lowest BCUT2D eigenvalue weighted by Gasteiger charge is -2.36. The second-order valence-corrected chi connectivity index (χ2v) is 8.39. The van der Waals surface area contributed by atoms with Crippen molar-refractivity contribution >= 4 is 5.91 Å². The van der Waals surface area contributed by atoms with E-state index >= 15 is 0 Å². The first-order valence-electron chi connectivity index (χ1n) is 10.6. The molecular weight excluding hydrogens is 398 g/mol. The van der Waals surface area contributed by atoms with Crippen molar-refractivity contribution in [2.24, 2.45) is 0 Å². The Morgan fingerprint density at radius 1 is 1.00 bits per heavy atom. The molecule has 3 aliphatic rings. The zero-order chi connectivity index (χ0) is 20.8. The number of aromatic nitrogens is 1. The van der Waals surface area contributed by atoms with Crippen molar-refractivity contribution in [3.8, 4) is 23.0 Å². The maximum atomic E-state index is 13.3. The Kier molecular flexibility index (Phi) is 4.27. The number of carbonyl (C=O) groups is 1. The molecule has 3 aromatic rings. The molecule has 0 bridgehead atoms. The molecule has 4 heterocycles. The summed E-state index contributed by atoms with van der Waals surface area (Å²) < 4.78 is 21.7. The average molecular weight is 421 g/mol. The van der Waals surface area contributed by atoms with Crippen molar-refractivity contribution < 1.29 is 23.2 Å². The van der Waals surface area contributed by atoms with Gasteiger partial charge in [0.05, 0.1) is 17.4 Å². The maximum absolute atomic E-state index is 13.3. The van der Waals surface area contributed by atoms with Crippen molar-refractivity contribution in [2.45, 2.75) is 24.8 Å². The minimum atomic E-state index is -0.534. The molecule has 2 fully saturated rings. The molecule has 160 valence electrons. The summed E-state index contributed by atoms with van der Waals surface area (Å²) in [5, 5.41) is 4.21. The van der Waals surface area contributed by atoms with E-state index in [2.05, 4.69) is 16.1 Å². The number of furan rings is 1. The molecular formula is C23H23N3O5. The van der Waals surface area contributed by atoms with E-state index in [-0.39, 0.29) is 12.7 Å². The molecule has 2 aliphatic heterocycles. The van der Waals surface area contributed by atoms with Gasteiger partial charge in [0, 0.05) is 38.8 Å². The lowest BCUT2D eigenvalue weighted by Crippen LogP contribution is -2.51. The second-order valence-electron chi connectivity index (χ2n) is 8.39. The van der Waals surface area contributed by atoms with Gasteiger partial charge < -0.3 is 23.3 Å². The first kappa shape index (κ1) is 18.5. The summed E-state index contributed by atoms with van der Waals surface area (Å²) in [6.07, 6.45) is 3.22. The molecule has 0 spiro atoms. The van der Waals surface area contributed by atoms with Crippen molar-refractivity contribution in [1.29, 1.82) is 0 Å². The van der Waals surface area contributed by atoms with Gasteiger partial charge in [-0.15, -0.1) is 0 Å². The van der Waals surface area contributed by atoms with Crippen LogP contribution in [0.4, 0.5) is 0 Å². The highest BCUT2D eigenvalue weighted by Gasteiger charge is 2.55. The van der Waals surface area contributed by atoms with E-state index < -0.39 is 5.41 Å². The van der Waals surface area contributed by atoms with E-state index in [4.69, 9.17) is 18.4 Å². The molecule has 8 nitrogen and oxygen atoms in total. The quantitative estimate of drug-likeness (QED) is 0.626. The Bertz CT molecular complexity index is 1090. The Hall–Kier alpha value is -3.26. The third-order valence-corrected chi connectivity index (χ3v) is 6.43. The number of carbonyl (C=O) groups excluding carboxylic acids is 1. The zero-order valence-electron chi connectivity index (χ0n) is 17.1. The monoisotopic (exact) mass is 421 g/mol. The lowest BCUT2D eigenvalue weighted by atomic mass is 9.99. The average Bonchev–Trinajstić information content (AvgIpc) is 3.22. The number of hydrogen-bond donors (Lipinski definition) is 0. The van der Waals surface area contributed by atoms with E-state index in [0.717, 1.165) is 44.0 Å². The normalized spacial score (nSPS) is 19.5. The van der Waals surface area contributed by atoms with Gasteiger partial charge >= 0.3 is 0 Å². The molecule has 31 heavy (non-hydrogen) atoms. The predicted molar refractivity (Wildman–Crippen MR) is 110 cm³/mol. The van der Waals surface area contributed by atoms with E-state index in [1.165, 1.54) is 5.56 Å². The molecule has 0 unspecified atom stereocenters. The minimum Gasteiger partial charge on any atom is -0.461 e. The van der Waals surface area contributed by atoms with Crippen LogP contribution in [-0.4, -0.2) is 53.8 Å². The summed E-state index contributed by atoms with van der Waals surface area (Å²) in [4.78, 5) is 17.7. The first-order valence-corrected chi connectivity index (χ1v) is 10.6. The van der Waals surface area contributed by atoms with Crippen LogP contribution in [0.5, 0.6) is 11.5 Å². The number of amides is 1. The maximum Gasteiger partial charge on any atom is 0.235 e. The van der Waals surface area contributed by atoms with E-state index in [0.29, 0.717) is 30.3 Å². The molecule has 6 rings (SSSR count). The molecule has 1 saturated heterocycles. The van der Waals surface area contributed by atoms with Gasteiger partial charge in [-0.05, 0) is 42.7 Å². The standard InChI is InChI=1S/C23H23N3O5/c27-22(23(5-6-23)21-13-20(31-24-21)17-2-1-11-28-17)26-9-7-25(8-10-26)14-16-3-4-18-19(12-16)30-15-29-18/h1-4,11-13H,5-10,14-15H2. The summed E-state index contributed by atoms with van der Waals surface area (Å²) in [6, 6.07) is 11.6. The summed E-state index contributed by atoms with van der Waals surface area (Å²) in [5.74, 6) is 2.96. The minimum absolute atomic E-state index is 0.162. The SMILES string of the molecule is O=C(N1CCN(Cc2ccc3c(c2)OCO3)CC1)C1(c2cc(-c3ccco3)on2)CC1. The van der Waals surface area contributed by atoms with Gasteiger partial charge in [0.15, 0.2) is 17.3 Å². The number of nitrogens with zero attached hydrogens (tertiary/aromatic N) is 3. The van der Waals surface area contributed by atoms with Crippen LogP contribution in [0.3, 0.4) is 0 Å². The third kappa shape index (κ3) is 3.27. The van der Waals surface area contributed by atoms with Crippen molar-refractivity contribution in [2.75, 3.05) is 33.0 Å². The Morgan fingerprint density at radius 2 is 1.84 bits per heavy atom. The van der Waals surface area contributed by atoms with Gasteiger partial charge in [-0.3, -0.25) is 9.69 Å². The number of rotatable bonds is 5. The van der Waals surface area contributed by atoms with Gasteiger partial charge in [-0.2, -0.15) is 0 Å². The van der Waals surface area contributed by atoms with Crippen LogP contribution in [0.15, 0.2) is 51.6 Å².